The van der Waals surface area contributed by atoms with Gasteiger partial charge in [-0.2, -0.15) is 0 Å². The van der Waals surface area contributed by atoms with Gasteiger partial charge in [-0.05, 0) is 48.9 Å². The number of carbonyl (C=O) groups is 2. The fourth-order valence-electron chi connectivity index (χ4n) is 4.22. The molecule has 0 heterocycles. The van der Waals surface area contributed by atoms with Gasteiger partial charge in [-0.1, -0.05) is 79.5 Å². The number of sulfonamides is 1. The van der Waals surface area contributed by atoms with Crippen LogP contribution in [0.3, 0.4) is 0 Å². The van der Waals surface area contributed by atoms with Crippen LogP contribution in [0, 0.1) is 0 Å². The fourth-order valence-corrected chi connectivity index (χ4v) is 5.40. The molecule has 0 bridgehead atoms. The first-order chi connectivity index (χ1) is 18.0. The summed E-state index contributed by atoms with van der Waals surface area (Å²) in [6.45, 7) is 5.24. The standard InChI is InChI=1S/C28H33Cl2N3O4S/c1-5-19(3)31-28(35)25(6-2)32(17-20-14-15-23(29)24(30)16-20)27(34)18-33(38(4,36)37)26-13-9-11-21-10-7-8-12-22(21)26/h7-16,19,25H,5-6,17-18H2,1-4H3,(H,31,35). The Morgan fingerprint density at radius 1 is 0.947 bits per heavy atom. The van der Waals surface area contributed by atoms with E-state index in [0.717, 1.165) is 22.4 Å². The lowest BCUT2D eigenvalue weighted by Gasteiger charge is -2.33. The molecule has 2 amide bonds. The van der Waals surface area contributed by atoms with Crippen molar-refractivity contribution >= 4 is 61.5 Å². The number of nitrogens with one attached hydrogen (secondary N) is 1. The maximum atomic E-state index is 13.9. The number of amides is 2. The minimum atomic E-state index is -3.85. The molecule has 204 valence electrons. The Labute approximate surface area is 234 Å². The van der Waals surface area contributed by atoms with Gasteiger partial charge >= 0.3 is 0 Å². The van der Waals surface area contributed by atoms with Crippen LogP contribution in [0.15, 0.2) is 60.7 Å². The topological polar surface area (TPSA) is 86.8 Å². The van der Waals surface area contributed by atoms with Gasteiger partial charge in [0.25, 0.3) is 0 Å². The molecule has 2 unspecified atom stereocenters. The van der Waals surface area contributed by atoms with E-state index in [1.54, 1.807) is 30.3 Å². The van der Waals surface area contributed by atoms with Crippen molar-refractivity contribution in [1.29, 1.82) is 0 Å². The molecule has 2 atom stereocenters. The van der Waals surface area contributed by atoms with Crippen molar-refractivity contribution in [1.82, 2.24) is 10.2 Å². The maximum Gasteiger partial charge on any atom is 0.244 e. The van der Waals surface area contributed by atoms with Crippen molar-refractivity contribution in [3.63, 3.8) is 0 Å². The molecule has 0 spiro atoms. The smallest absolute Gasteiger partial charge is 0.244 e. The summed E-state index contributed by atoms with van der Waals surface area (Å²) in [5, 5.41) is 5.19. The van der Waals surface area contributed by atoms with E-state index in [-0.39, 0.29) is 18.5 Å². The van der Waals surface area contributed by atoms with Crippen LogP contribution in [0.2, 0.25) is 10.0 Å². The highest BCUT2D eigenvalue weighted by Gasteiger charge is 2.32. The summed E-state index contributed by atoms with van der Waals surface area (Å²) >= 11 is 12.3. The van der Waals surface area contributed by atoms with Crippen LogP contribution in [0.25, 0.3) is 10.8 Å². The van der Waals surface area contributed by atoms with Crippen LogP contribution < -0.4 is 9.62 Å². The third-order valence-corrected chi connectivity index (χ3v) is 8.30. The average Bonchev–Trinajstić information content (AvgIpc) is 2.88. The van der Waals surface area contributed by atoms with E-state index in [1.807, 2.05) is 51.1 Å². The highest BCUT2D eigenvalue weighted by molar-refractivity contribution is 7.92. The number of rotatable bonds is 11. The molecular weight excluding hydrogens is 545 g/mol. The highest BCUT2D eigenvalue weighted by Crippen LogP contribution is 2.29. The van der Waals surface area contributed by atoms with Gasteiger partial charge in [-0.3, -0.25) is 13.9 Å². The van der Waals surface area contributed by atoms with E-state index in [1.165, 1.54) is 4.90 Å². The van der Waals surface area contributed by atoms with Gasteiger partial charge in [0.1, 0.15) is 12.6 Å². The summed E-state index contributed by atoms with van der Waals surface area (Å²) in [7, 11) is -3.85. The molecule has 7 nitrogen and oxygen atoms in total. The molecule has 3 rings (SSSR count). The van der Waals surface area contributed by atoms with Crippen LogP contribution in [0.5, 0.6) is 0 Å². The zero-order valence-corrected chi connectivity index (χ0v) is 24.3. The predicted octanol–water partition coefficient (Wildman–Crippen LogP) is 5.63. The number of nitrogens with zero attached hydrogens (tertiary/aromatic N) is 2. The summed E-state index contributed by atoms with van der Waals surface area (Å²) in [6.07, 6.45) is 2.13. The Morgan fingerprint density at radius 3 is 2.26 bits per heavy atom. The van der Waals surface area contributed by atoms with E-state index in [4.69, 9.17) is 23.2 Å². The van der Waals surface area contributed by atoms with Gasteiger partial charge in [0.15, 0.2) is 0 Å². The lowest BCUT2D eigenvalue weighted by Crippen LogP contribution is -2.53. The van der Waals surface area contributed by atoms with E-state index < -0.39 is 28.5 Å². The maximum absolute atomic E-state index is 13.9. The molecule has 0 aliphatic carbocycles. The summed E-state index contributed by atoms with van der Waals surface area (Å²) in [5.41, 5.74) is 1.06. The van der Waals surface area contributed by atoms with E-state index in [0.29, 0.717) is 33.1 Å². The molecule has 0 aliphatic rings. The molecule has 3 aromatic carbocycles. The molecule has 10 heteroatoms. The van der Waals surface area contributed by atoms with Crippen molar-refractivity contribution in [2.24, 2.45) is 0 Å². The summed E-state index contributed by atoms with van der Waals surface area (Å²) in [5.74, 6) is -0.813. The van der Waals surface area contributed by atoms with Crippen LogP contribution in [-0.2, 0) is 26.2 Å². The third-order valence-electron chi connectivity index (χ3n) is 6.44. The second-order valence-electron chi connectivity index (χ2n) is 9.28. The normalized spacial score (nSPS) is 13.1. The fraction of sp³-hybridized carbons (Fsp3) is 0.357. The number of benzene rings is 3. The predicted molar refractivity (Wildman–Crippen MR) is 155 cm³/mol. The first kappa shape index (κ1) is 29.7. The Hall–Kier alpha value is -2.81. The average molecular weight is 579 g/mol. The number of carbonyl (C=O) groups excluding carboxylic acids is 2. The van der Waals surface area contributed by atoms with Gasteiger partial charge < -0.3 is 10.2 Å². The molecule has 1 N–H and O–H groups in total. The SMILES string of the molecule is CCC(C)NC(=O)C(CC)N(Cc1ccc(Cl)c(Cl)c1)C(=O)CN(c1cccc2ccccc12)S(C)(=O)=O. The first-order valence-electron chi connectivity index (χ1n) is 12.5. The Bertz CT molecular complexity index is 1410. The molecule has 0 aliphatic heterocycles. The third kappa shape index (κ3) is 7.18. The zero-order valence-electron chi connectivity index (χ0n) is 21.9. The lowest BCUT2D eigenvalue weighted by atomic mass is 10.1. The molecule has 0 radical (unpaired) electrons. The summed E-state index contributed by atoms with van der Waals surface area (Å²) in [4.78, 5) is 28.6. The van der Waals surface area contributed by atoms with E-state index in [9.17, 15) is 18.0 Å². The molecule has 0 saturated carbocycles. The van der Waals surface area contributed by atoms with Gasteiger partial charge in [0, 0.05) is 18.0 Å². The summed E-state index contributed by atoms with van der Waals surface area (Å²) < 4.78 is 27.0. The largest absolute Gasteiger partial charge is 0.352 e. The minimum Gasteiger partial charge on any atom is -0.352 e. The van der Waals surface area contributed by atoms with E-state index >= 15 is 0 Å². The monoisotopic (exact) mass is 577 g/mol. The Balaban J connectivity index is 2.04. The van der Waals surface area contributed by atoms with Crippen molar-refractivity contribution in [3.05, 3.63) is 76.3 Å². The molecule has 3 aromatic rings. The first-order valence-corrected chi connectivity index (χ1v) is 15.1. The number of anilines is 1. The molecule has 38 heavy (non-hydrogen) atoms. The molecule has 0 aromatic heterocycles. The molecule has 0 fully saturated rings. The van der Waals surface area contributed by atoms with Crippen LogP contribution in [0.4, 0.5) is 5.69 Å². The second kappa shape index (κ2) is 12.8. The van der Waals surface area contributed by atoms with Crippen LogP contribution in [0.1, 0.15) is 39.2 Å². The van der Waals surface area contributed by atoms with Crippen LogP contribution >= 0.6 is 23.2 Å². The Morgan fingerprint density at radius 2 is 1.63 bits per heavy atom. The van der Waals surface area contributed by atoms with Gasteiger partial charge in [-0.25, -0.2) is 8.42 Å². The lowest BCUT2D eigenvalue weighted by molar-refractivity contribution is -0.140. The number of halogens is 2. The van der Waals surface area contributed by atoms with Crippen molar-refractivity contribution < 1.29 is 18.0 Å². The van der Waals surface area contributed by atoms with Crippen LogP contribution in [-0.4, -0.2) is 50.0 Å². The van der Waals surface area contributed by atoms with Crippen molar-refractivity contribution in [2.75, 3.05) is 17.1 Å². The zero-order chi connectivity index (χ0) is 28.0. The highest BCUT2D eigenvalue weighted by atomic mass is 35.5. The number of hydrogen-bond donors (Lipinski definition) is 1. The van der Waals surface area contributed by atoms with E-state index in [2.05, 4.69) is 5.32 Å². The quantitative estimate of drug-likeness (QED) is 0.319. The minimum absolute atomic E-state index is 0.0509. The second-order valence-corrected chi connectivity index (χ2v) is 12.0. The number of fused-ring (bicyclic) bond motifs is 1. The molecule has 0 saturated heterocycles. The number of hydrogen-bond acceptors (Lipinski definition) is 4. The van der Waals surface area contributed by atoms with Gasteiger partial charge in [-0.15, -0.1) is 0 Å². The van der Waals surface area contributed by atoms with Gasteiger partial charge in [0.05, 0.1) is 22.0 Å². The summed E-state index contributed by atoms with van der Waals surface area (Å²) in [6, 6.07) is 16.8. The molecular formula is C28H33Cl2N3O4S. The van der Waals surface area contributed by atoms with Crippen molar-refractivity contribution in [3.8, 4) is 0 Å². The van der Waals surface area contributed by atoms with Crippen molar-refractivity contribution in [2.45, 2.75) is 52.2 Å². The Kier molecular flexibility index (Phi) is 10.0. The van der Waals surface area contributed by atoms with Gasteiger partial charge in [0.2, 0.25) is 21.8 Å².